The third-order valence-corrected chi connectivity index (χ3v) is 9.46. The molecule has 0 unspecified atom stereocenters. The second kappa shape index (κ2) is 6.89. The molecule has 0 aliphatic carbocycles. The van der Waals surface area contributed by atoms with Crippen LogP contribution in [0.4, 0.5) is 0 Å². The van der Waals surface area contributed by atoms with E-state index in [-0.39, 0.29) is 0 Å². The molecule has 34 heavy (non-hydrogen) atoms. The molecule has 0 atom stereocenters. The van der Waals surface area contributed by atoms with Crippen molar-refractivity contribution in [3.05, 3.63) is 109 Å². The van der Waals surface area contributed by atoms with Gasteiger partial charge >= 0.3 is 0 Å². The summed E-state index contributed by atoms with van der Waals surface area (Å²) in [7, 11) is 0. The Morgan fingerprint density at radius 2 is 0.794 bits per heavy atom. The third-order valence-electron chi connectivity index (χ3n) is 7.06. The zero-order valence-electron chi connectivity index (χ0n) is 18.2. The summed E-state index contributed by atoms with van der Waals surface area (Å²) in [4.78, 5) is 0. The van der Waals surface area contributed by atoms with Gasteiger partial charge in [-0.1, -0.05) is 97.1 Å². The second-order valence-electron chi connectivity index (χ2n) is 8.95. The molecule has 8 aromatic rings. The highest BCUT2D eigenvalue weighted by Crippen LogP contribution is 2.42. The minimum absolute atomic E-state index is 1.28. The minimum atomic E-state index is 1.28. The summed E-state index contributed by atoms with van der Waals surface area (Å²) in [5.74, 6) is 0. The second-order valence-corrected chi connectivity index (χ2v) is 11.1. The average molecular weight is 467 g/mol. The van der Waals surface area contributed by atoms with E-state index in [1.165, 1.54) is 73.0 Å². The maximum absolute atomic E-state index is 2.37. The van der Waals surface area contributed by atoms with Crippen LogP contribution in [0.5, 0.6) is 0 Å². The highest BCUT2D eigenvalue weighted by Gasteiger charge is 2.12. The largest absolute Gasteiger partial charge is 0.135 e. The van der Waals surface area contributed by atoms with Gasteiger partial charge in [0.2, 0.25) is 0 Å². The quantitative estimate of drug-likeness (QED) is 0.226. The molecule has 2 heterocycles. The van der Waals surface area contributed by atoms with E-state index in [1.807, 2.05) is 22.7 Å². The van der Waals surface area contributed by atoms with Crippen LogP contribution in [0.3, 0.4) is 0 Å². The lowest BCUT2D eigenvalue weighted by Gasteiger charge is -2.03. The van der Waals surface area contributed by atoms with Crippen molar-refractivity contribution in [2.75, 3.05) is 0 Å². The normalized spacial score (nSPS) is 12.1. The van der Waals surface area contributed by atoms with Gasteiger partial charge in [-0.25, -0.2) is 0 Å². The van der Waals surface area contributed by atoms with E-state index >= 15 is 0 Å². The van der Waals surface area contributed by atoms with Crippen molar-refractivity contribution in [2.24, 2.45) is 0 Å². The van der Waals surface area contributed by atoms with Crippen LogP contribution in [0, 0.1) is 0 Å². The highest BCUT2D eigenvalue weighted by atomic mass is 32.1. The van der Waals surface area contributed by atoms with E-state index in [0.717, 1.165) is 0 Å². The van der Waals surface area contributed by atoms with Crippen LogP contribution in [0.1, 0.15) is 0 Å². The molecular formula is C32H18S2. The number of benzene rings is 6. The molecule has 0 fully saturated rings. The molecule has 6 aromatic carbocycles. The Balaban J connectivity index is 1.33. The average Bonchev–Trinajstić information content (AvgIpc) is 3.46. The predicted molar refractivity (Wildman–Crippen MR) is 153 cm³/mol. The first-order valence-electron chi connectivity index (χ1n) is 11.5. The van der Waals surface area contributed by atoms with Crippen molar-refractivity contribution in [1.29, 1.82) is 0 Å². The molecule has 0 saturated carbocycles. The Kier molecular flexibility index (Phi) is 3.79. The Morgan fingerprint density at radius 1 is 0.353 bits per heavy atom. The van der Waals surface area contributed by atoms with Crippen molar-refractivity contribution in [3.63, 3.8) is 0 Å². The summed E-state index contributed by atoms with van der Waals surface area (Å²) in [6.07, 6.45) is 0. The van der Waals surface area contributed by atoms with Crippen LogP contribution in [-0.4, -0.2) is 0 Å². The van der Waals surface area contributed by atoms with E-state index < -0.39 is 0 Å². The highest BCUT2D eigenvalue weighted by molar-refractivity contribution is 7.27. The summed E-state index contributed by atoms with van der Waals surface area (Å²) in [5, 5.41) is 10.7. The summed E-state index contributed by atoms with van der Waals surface area (Å²) >= 11 is 3.82. The van der Waals surface area contributed by atoms with Crippen molar-refractivity contribution in [1.82, 2.24) is 0 Å². The van der Waals surface area contributed by atoms with Crippen LogP contribution in [0.25, 0.3) is 73.0 Å². The van der Waals surface area contributed by atoms with Gasteiger partial charge in [-0.05, 0) is 44.8 Å². The predicted octanol–water partition coefficient (Wildman–Crippen LogP) is 10.4. The molecule has 8 rings (SSSR count). The van der Waals surface area contributed by atoms with Crippen molar-refractivity contribution < 1.29 is 0 Å². The van der Waals surface area contributed by atoms with Crippen LogP contribution < -0.4 is 0 Å². The first kappa shape index (κ1) is 18.7. The van der Waals surface area contributed by atoms with E-state index in [4.69, 9.17) is 0 Å². The van der Waals surface area contributed by atoms with Gasteiger partial charge in [0.1, 0.15) is 0 Å². The molecule has 0 aliphatic heterocycles. The fourth-order valence-electron chi connectivity index (χ4n) is 5.37. The molecular weight excluding hydrogens is 448 g/mol. The van der Waals surface area contributed by atoms with Crippen molar-refractivity contribution in [2.45, 2.75) is 0 Å². The molecule has 0 saturated heterocycles. The first-order valence-corrected chi connectivity index (χ1v) is 13.2. The molecule has 0 aliphatic rings. The number of hydrogen-bond donors (Lipinski definition) is 0. The summed E-state index contributed by atoms with van der Waals surface area (Å²) in [6.45, 7) is 0. The smallest absolute Gasteiger partial charge is 0.0433 e. The third kappa shape index (κ3) is 2.58. The van der Waals surface area contributed by atoms with Gasteiger partial charge in [-0.2, -0.15) is 0 Å². The standard InChI is InChI=1S/C32H18S2/c1-3-7-23-19(5-1)9-15-27-25-13-11-21(17-29(25)33-31(23)27)22-12-14-26-28-16-10-20-6-2-4-8-24(20)32(28)34-30(26)18-22/h1-18H. The lowest BCUT2D eigenvalue weighted by Crippen LogP contribution is -1.77. The molecule has 0 amide bonds. The monoisotopic (exact) mass is 466 g/mol. The maximum atomic E-state index is 2.37. The Hall–Kier alpha value is -3.72. The lowest BCUT2D eigenvalue weighted by molar-refractivity contribution is 1.73. The maximum Gasteiger partial charge on any atom is 0.0433 e. The zero-order valence-corrected chi connectivity index (χ0v) is 19.8. The molecule has 0 radical (unpaired) electrons. The fourth-order valence-corrected chi connectivity index (χ4v) is 7.92. The topological polar surface area (TPSA) is 0 Å². The molecule has 2 aromatic heterocycles. The zero-order chi connectivity index (χ0) is 22.2. The Morgan fingerprint density at radius 3 is 1.29 bits per heavy atom. The van der Waals surface area contributed by atoms with Crippen molar-refractivity contribution in [3.8, 4) is 11.1 Å². The molecule has 158 valence electrons. The van der Waals surface area contributed by atoms with E-state index in [9.17, 15) is 0 Å². The van der Waals surface area contributed by atoms with Crippen LogP contribution in [0.2, 0.25) is 0 Å². The SMILES string of the molecule is c1ccc2c(c1)ccc1c3ccc(-c4ccc5c(c4)sc4c6ccccc6ccc54)cc3sc21. The molecule has 0 N–H and O–H groups in total. The molecule has 0 spiro atoms. The van der Waals surface area contributed by atoms with Gasteiger partial charge in [-0.3, -0.25) is 0 Å². The van der Waals surface area contributed by atoms with Gasteiger partial charge in [0.15, 0.2) is 0 Å². The van der Waals surface area contributed by atoms with Crippen molar-refractivity contribution >= 4 is 84.6 Å². The Bertz CT molecular complexity index is 1920. The Labute approximate surface area is 204 Å². The number of fused-ring (bicyclic) bond motifs is 10. The minimum Gasteiger partial charge on any atom is -0.135 e. The number of rotatable bonds is 1. The number of hydrogen-bond acceptors (Lipinski definition) is 2. The molecule has 0 bridgehead atoms. The summed E-state index contributed by atoms with van der Waals surface area (Å²) in [5.41, 5.74) is 2.57. The van der Waals surface area contributed by atoms with E-state index in [0.29, 0.717) is 0 Å². The summed E-state index contributed by atoms with van der Waals surface area (Å²) < 4.78 is 5.48. The molecule has 0 nitrogen and oxygen atoms in total. The summed E-state index contributed by atoms with van der Waals surface area (Å²) in [6, 6.07) is 40.4. The first-order chi connectivity index (χ1) is 16.8. The van der Waals surface area contributed by atoms with Gasteiger partial charge in [0, 0.05) is 40.3 Å². The molecule has 2 heteroatoms. The van der Waals surface area contributed by atoms with Crippen LogP contribution in [0.15, 0.2) is 109 Å². The van der Waals surface area contributed by atoms with E-state index in [1.54, 1.807) is 0 Å². The van der Waals surface area contributed by atoms with Gasteiger partial charge in [-0.15, -0.1) is 22.7 Å². The van der Waals surface area contributed by atoms with Gasteiger partial charge in [0.25, 0.3) is 0 Å². The van der Waals surface area contributed by atoms with E-state index in [2.05, 4.69) is 109 Å². The van der Waals surface area contributed by atoms with Crippen LogP contribution in [-0.2, 0) is 0 Å². The number of thiophene rings is 2. The van der Waals surface area contributed by atoms with Gasteiger partial charge < -0.3 is 0 Å². The van der Waals surface area contributed by atoms with Gasteiger partial charge in [0.05, 0.1) is 0 Å². The van der Waals surface area contributed by atoms with Crippen LogP contribution >= 0.6 is 22.7 Å². The fraction of sp³-hybridized carbons (Fsp3) is 0. The lowest BCUT2D eigenvalue weighted by atomic mass is 10.0.